The maximum atomic E-state index is 11.5. The van der Waals surface area contributed by atoms with Crippen LogP contribution in [0.5, 0.6) is 0 Å². The van der Waals surface area contributed by atoms with Gasteiger partial charge < -0.3 is 4.90 Å². The summed E-state index contributed by atoms with van der Waals surface area (Å²) in [6, 6.07) is 0. The van der Waals surface area contributed by atoms with Gasteiger partial charge in [0.1, 0.15) is 6.17 Å². The third-order valence-corrected chi connectivity index (χ3v) is 2.88. The predicted octanol–water partition coefficient (Wildman–Crippen LogP) is 0.983. The molecule has 1 aliphatic heterocycles. The highest BCUT2D eigenvalue weighted by atomic mass is 32.1. The van der Waals surface area contributed by atoms with Gasteiger partial charge in [-0.3, -0.25) is 10.1 Å². The van der Waals surface area contributed by atoms with Crippen LogP contribution in [0.2, 0.25) is 0 Å². The van der Waals surface area contributed by atoms with Crippen LogP contribution in [-0.2, 0) is 4.79 Å². The Bertz CT molecular complexity index is 312. The molecule has 0 aliphatic carbocycles. The first-order chi connectivity index (χ1) is 6.83. The van der Waals surface area contributed by atoms with E-state index in [0.29, 0.717) is 6.54 Å². The lowest BCUT2D eigenvalue weighted by Gasteiger charge is -2.21. The maximum absolute atomic E-state index is 11.5. The Morgan fingerprint density at radius 2 is 2.64 bits per heavy atom. The highest BCUT2D eigenvalue weighted by molar-refractivity contribution is 7.07. The van der Waals surface area contributed by atoms with E-state index in [1.807, 2.05) is 10.3 Å². The number of hydrogen-bond donors (Lipinski definition) is 1. The van der Waals surface area contributed by atoms with Crippen molar-refractivity contribution in [2.45, 2.75) is 19.5 Å². The zero-order valence-corrected chi connectivity index (χ0v) is 8.88. The Labute approximate surface area is 86.9 Å². The largest absolute Gasteiger partial charge is 0.320 e. The van der Waals surface area contributed by atoms with E-state index in [-0.39, 0.29) is 12.1 Å². The Balaban J connectivity index is 2.15. The number of rotatable bonds is 3. The van der Waals surface area contributed by atoms with E-state index in [1.54, 1.807) is 16.8 Å². The molecule has 0 radical (unpaired) electrons. The number of carbonyl (C=O) groups is 1. The van der Waals surface area contributed by atoms with E-state index in [1.165, 1.54) is 0 Å². The van der Waals surface area contributed by atoms with E-state index < -0.39 is 0 Å². The van der Waals surface area contributed by atoms with Gasteiger partial charge in [0.15, 0.2) is 0 Å². The molecule has 1 saturated heterocycles. The zero-order chi connectivity index (χ0) is 9.97. The number of thiazole rings is 1. The third-order valence-electron chi connectivity index (χ3n) is 2.27. The quantitative estimate of drug-likeness (QED) is 0.810. The van der Waals surface area contributed by atoms with Crippen LogP contribution >= 0.6 is 11.3 Å². The molecule has 1 fully saturated rings. The standard InChI is InChI=1S/C9H13N3OS/c1-2-3-12-8(13)4-10-9(12)7-5-14-6-11-7/h5-6,9-10H,2-4H2,1H3. The Morgan fingerprint density at radius 1 is 1.79 bits per heavy atom. The van der Waals surface area contributed by atoms with Crippen LogP contribution in [-0.4, -0.2) is 28.9 Å². The molecule has 14 heavy (non-hydrogen) atoms. The van der Waals surface area contributed by atoms with Crippen molar-refractivity contribution in [3.8, 4) is 0 Å². The molecule has 4 nitrogen and oxygen atoms in total. The number of amides is 1. The highest BCUT2D eigenvalue weighted by Crippen LogP contribution is 2.21. The van der Waals surface area contributed by atoms with Crippen LogP contribution in [0, 0.1) is 0 Å². The molecule has 1 unspecified atom stereocenters. The minimum atomic E-state index is -0.00583. The van der Waals surface area contributed by atoms with Crippen molar-refractivity contribution >= 4 is 17.2 Å². The van der Waals surface area contributed by atoms with Gasteiger partial charge >= 0.3 is 0 Å². The highest BCUT2D eigenvalue weighted by Gasteiger charge is 2.31. The summed E-state index contributed by atoms with van der Waals surface area (Å²) in [6.45, 7) is 3.31. The molecule has 0 spiro atoms. The first kappa shape index (κ1) is 9.61. The van der Waals surface area contributed by atoms with E-state index in [2.05, 4.69) is 17.2 Å². The number of hydrogen-bond acceptors (Lipinski definition) is 4. The van der Waals surface area contributed by atoms with Crippen LogP contribution in [0.15, 0.2) is 10.9 Å². The molecule has 1 aromatic heterocycles. The van der Waals surface area contributed by atoms with Crippen LogP contribution in [0.3, 0.4) is 0 Å². The van der Waals surface area contributed by atoms with Gasteiger partial charge in [0.2, 0.25) is 5.91 Å². The molecule has 1 aliphatic rings. The van der Waals surface area contributed by atoms with Crippen LogP contribution in [0.1, 0.15) is 25.2 Å². The summed E-state index contributed by atoms with van der Waals surface area (Å²) < 4.78 is 0. The molecule has 1 N–H and O–H groups in total. The van der Waals surface area contributed by atoms with E-state index in [9.17, 15) is 4.79 Å². The van der Waals surface area contributed by atoms with Crippen LogP contribution in [0.25, 0.3) is 0 Å². The van der Waals surface area contributed by atoms with Gasteiger partial charge in [-0.25, -0.2) is 4.98 Å². The Kier molecular flexibility index (Phi) is 2.79. The van der Waals surface area contributed by atoms with Gasteiger partial charge in [0.25, 0.3) is 0 Å². The first-order valence-electron chi connectivity index (χ1n) is 4.74. The fraction of sp³-hybridized carbons (Fsp3) is 0.556. The molecule has 1 aromatic rings. The Morgan fingerprint density at radius 3 is 3.29 bits per heavy atom. The minimum Gasteiger partial charge on any atom is -0.320 e. The number of carbonyl (C=O) groups excluding carboxylic acids is 1. The average molecular weight is 211 g/mol. The molecule has 5 heteroatoms. The molecule has 0 saturated carbocycles. The lowest BCUT2D eigenvalue weighted by atomic mass is 10.3. The van der Waals surface area contributed by atoms with Gasteiger partial charge in [-0.2, -0.15) is 0 Å². The summed E-state index contributed by atoms with van der Waals surface area (Å²) in [5, 5.41) is 5.15. The fourth-order valence-electron chi connectivity index (χ4n) is 1.66. The molecule has 0 aromatic carbocycles. The second kappa shape index (κ2) is 4.06. The molecule has 1 amide bonds. The summed E-state index contributed by atoms with van der Waals surface area (Å²) in [5.41, 5.74) is 2.75. The van der Waals surface area contributed by atoms with E-state index in [0.717, 1.165) is 18.7 Å². The average Bonchev–Trinajstić information content (AvgIpc) is 2.77. The second-order valence-corrected chi connectivity index (χ2v) is 4.00. The number of aromatic nitrogens is 1. The lowest BCUT2D eigenvalue weighted by molar-refractivity contribution is -0.128. The molecular formula is C9H13N3OS. The summed E-state index contributed by atoms with van der Waals surface area (Å²) >= 11 is 1.56. The first-order valence-corrected chi connectivity index (χ1v) is 5.68. The van der Waals surface area contributed by atoms with Crippen molar-refractivity contribution in [3.05, 3.63) is 16.6 Å². The van der Waals surface area contributed by atoms with Crippen molar-refractivity contribution in [2.75, 3.05) is 13.1 Å². The van der Waals surface area contributed by atoms with E-state index in [4.69, 9.17) is 0 Å². The molecule has 1 atom stereocenters. The molecular weight excluding hydrogens is 198 g/mol. The van der Waals surface area contributed by atoms with Gasteiger partial charge in [-0.05, 0) is 6.42 Å². The van der Waals surface area contributed by atoms with Crippen molar-refractivity contribution in [2.24, 2.45) is 0 Å². The normalized spacial score (nSPS) is 21.9. The van der Waals surface area contributed by atoms with Crippen molar-refractivity contribution < 1.29 is 4.79 Å². The minimum absolute atomic E-state index is 0.00583. The van der Waals surface area contributed by atoms with E-state index >= 15 is 0 Å². The number of nitrogens with zero attached hydrogens (tertiary/aromatic N) is 2. The zero-order valence-electron chi connectivity index (χ0n) is 8.06. The van der Waals surface area contributed by atoms with Gasteiger partial charge in [-0.1, -0.05) is 6.92 Å². The van der Waals surface area contributed by atoms with Crippen LogP contribution in [0.4, 0.5) is 0 Å². The van der Waals surface area contributed by atoms with Crippen molar-refractivity contribution in [3.63, 3.8) is 0 Å². The van der Waals surface area contributed by atoms with Gasteiger partial charge in [0.05, 0.1) is 17.7 Å². The summed E-state index contributed by atoms with van der Waals surface area (Å²) in [7, 11) is 0. The summed E-state index contributed by atoms with van der Waals surface area (Å²) in [4.78, 5) is 17.6. The van der Waals surface area contributed by atoms with Crippen molar-refractivity contribution in [1.82, 2.24) is 15.2 Å². The summed E-state index contributed by atoms with van der Waals surface area (Å²) in [6.07, 6.45) is 0.974. The van der Waals surface area contributed by atoms with Gasteiger partial charge in [0, 0.05) is 11.9 Å². The van der Waals surface area contributed by atoms with Crippen LogP contribution < -0.4 is 5.32 Å². The van der Waals surface area contributed by atoms with Gasteiger partial charge in [-0.15, -0.1) is 11.3 Å². The monoisotopic (exact) mass is 211 g/mol. The molecule has 0 bridgehead atoms. The topological polar surface area (TPSA) is 45.2 Å². The second-order valence-electron chi connectivity index (χ2n) is 3.28. The molecule has 2 rings (SSSR count). The molecule has 2 heterocycles. The lowest BCUT2D eigenvalue weighted by Crippen LogP contribution is -2.31. The SMILES string of the molecule is CCCN1C(=O)CNC1c1cscn1. The predicted molar refractivity (Wildman–Crippen MR) is 54.9 cm³/mol. The maximum Gasteiger partial charge on any atom is 0.238 e. The Hall–Kier alpha value is -0.940. The molecule has 76 valence electrons. The van der Waals surface area contributed by atoms with Crippen molar-refractivity contribution in [1.29, 1.82) is 0 Å². The number of nitrogens with one attached hydrogen (secondary N) is 1. The smallest absolute Gasteiger partial charge is 0.238 e. The fourth-order valence-corrected chi connectivity index (χ4v) is 2.23. The third kappa shape index (κ3) is 1.65. The summed E-state index contributed by atoms with van der Waals surface area (Å²) in [5.74, 6) is 0.171.